The number of hydrogen-bond donors (Lipinski definition) is 0. The Kier molecular flexibility index (Phi) is 6.03. The molecule has 144 valence electrons. The summed E-state index contributed by atoms with van der Waals surface area (Å²) in [6.07, 6.45) is 3.53. The summed E-state index contributed by atoms with van der Waals surface area (Å²) in [6, 6.07) is 9.80. The number of aromatic nitrogens is 1. The average molecular weight is 408 g/mol. The summed E-state index contributed by atoms with van der Waals surface area (Å²) in [6.45, 7) is 1.21. The number of piperazine rings is 1. The predicted octanol–water partition coefficient (Wildman–Crippen LogP) is 1.96. The number of amides is 1. The molecule has 1 aliphatic heterocycles. The van der Waals surface area contributed by atoms with Crippen LogP contribution in [0, 0.1) is 0 Å². The smallest absolute Gasteiger partial charge is 0.256 e. The molecule has 0 bridgehead atoms. The van der Waals surface area contributed by atoms with Crippen molar-refractivity contribution in [1.82, 2.24) is 14.2 Å². The van der Waals surface area contributed by atoms with Gasteiger partial charge in [0.25, 0.3) is 5.91 Å². The minimum atomic E-state index is -3.59. The number of carbonyl (C=O) groups is 1. The van der Waals surface area contributed by atoms with Crippen molar-refractivity contribution in [1.29, 1.82) is 0 Å². The lowest BCUT2D eigenvalue weighted by Gasteiger charge is -2.34. The van der Waals surface area contributed by atoms with Crippen LogP contribution >= 0.6 is 11.8 Å². The topological polar surface area (TPSA) is 79.8 Å². The second kappa shape index (κ2) is 8.28. The third-order valence-electron chi connectivity index (χ3n) is 4.42. The van der Waals surface area contributed by atoms with Crippen LogP contribution in [-0.2, 0) is 10.0 Å². The van der Waals surface area contributed by atoms with Crippen LogP contribution in [0.1, 0.15) is 10.4 Å². The number of thioether (sulfide) groups is 1. The number of pyridine rings is 1. The van der Waals surface area contributed by atoms with Gasteiger partial charge in [0.15, 0.2) is 0 Å². The standard InChI is InChI=1S/C18H21N3O4S2/c1-25-14-5-7-15(8-6-14)27(23,24)21-12-10-20(11-13-21)18(22)16-4-3-9-19-17(16)26-2/h3-9H,10-13H2,1-2H3. The largest absolute Gasteiger partial charge is 0.497 e. The zero-order valence-corrected chi connectivity index (χ0v) is 16.8. The van der Waals surface area contributed by atoms with E-state index in [0.717, 1.165) is 0 Å². The zero-order valence-electron chi connectivity index (χ0n) is 15.2. The quantitative estimate of drug-likeness (QED) is 0.705. The van der Waals surface area contributed by atoms with Gasteiger partial charge in [-0.05, 0) is 42.7 Å². The Morgan fingerprint density at radius 2 is 1.78 bits per heavy atom. The van der Waals surface area contributed by atoms with Gasteiger partial charge in [-0.1, -0.05) is 0 Å². The number of rotatable bonds is 5. The van der Waals surface area contributed by atoms with Crippen molar-refractivity contribution in [2.45, 2.75) is 9.92 Å². The average Bonchev–Trinajstić information content (AvgIpc) is 2.73. The second-order valence-corrected chi connectivity index (χ2v) is 8.66. The molecule has 2 heterocycles. The monoisotopic (exact) mass is 407 g/mol. The van der Waals surface area contributed by atoms with Gasteiger partial charge in [-0.15, -0.1) is 11.8 Å². The number of ether oxygens (including phenoxy) is 1. The molecule has 0 atom stereocenters. The number of benzene rings is 1. The third kappa shape index (κ3) is 4.10. The van der Waals surface area contributed by atoms with E-state index in [-0.39, 0.29) is 23.9 Å². The predicted molar refractivity (Wildman–Crippen MR) is 104 cm³/mol. The van der Waals surface area contributed by atoms with Crippen molar-refractivity contribution in [3.63, 3.8) is 0 Å². The molecule has 2 aromatic rings. The fourth-order valence-electron chi connectivity index (χ4n) is 2.91. The number of nitrogens with zero attached hydrogens (tertiary/aromatic N) is 3. The lowest BCUT2D eigenvalue weighted by molar-refractivity contribution is 0.0693. The molecule has 1 fully saturated rings. The van der Waals surface area contributed by atoms with Crippen molar-refractivity contribution in [3.8, 4) is 5.75 Å². The van der Waals surface area contributed by atoms with Gasteiger partial charge >= 0.3 is 0 Å². The van der Waals surface area contributed by atoms with E-state index in [9.17, 15) is 13.2 Å². The molecule has 1 aromatic carbocycles. The third-order valence-corrected chi connectivity index (χ3v) is 7.04. The van der Waals surface area contributed by atoms with Crippen LogP contribution in [0.5, 0.6) is 5.75 Å². The molecule has 0 saturated carbocycles. The van der Waals surface area contributed by atoms with Gasteiger partial charge in [0, 0.05) is 32.4 Å². The molecule has 0 unspecified atom stereocenters. The summed E-state index contributed by atoms with van der Waals surface area (Å²) in [5.41, 5.74) is 0.552. The first-order chi connectivity index (χ1) is 13.0. The number of sulfonamides is 1. The van der Waals surface area contributed by atoms with Crippen LogP contribution < -0.4 is 4.74 Å². The molecule has 1 amide bonds. The molecule has 9 heteroatoms. The highest BCUT2D eigenvalue weighted by molar-refractivity contribution is 7.98. The first kappa shape index (κ1) is 19.7. The van der Waals surface area contributed by atoms with E-state index in [4.69, 9.17) is 4.74 Å². The van der Waals surface area contributed by atoms with Crippen molar-refractivity contribution >= 4 is 27.7 Å². The van der Waals surface area contributed by atoms with Gasteiger partial charge in [0.1, 0.15) is 10.8 Å². The Hall–Kier alpha value is -2.10. The van der Waals surface area contributed by atoms with Gasteiger partial charge in [-0.3, -0.25) is 4.79 Å². The summed E-state index contributed by atoms with van der Waals surface area (Å²) in [4.78, 5) is 18.9. The second-order valence-electron chi connectivity index (χ2n) is 5.93. The van der Waals surface area contributed by atoms with Crippen molar-refractivity contribution < 1.29 is 17.9 Å². The molecular weight excluding hydrogens is 386 g/mol. The molecule has 0 radical (unpaired) electrons. The van der Waals surface area contributed by atoms with Crippen LogP contribution in [0.3, 0.4) is 0 Å². The van der Waals surface area contributed by atoms with Crippen molar-refractivity contribution in [2.75, 3.05) is 39.5 Å². The van der Waals surface area contributed by atoms with E-state index >= 15 is 0 Å². The number of carbonyl (C=O) groups excluding carboxylic acids is 1. The maximum atomic E-state index is 12.8. The number of methoxy groups -OCH3 is 1. The van der Waals surface area contributed by atoms with E-state index in [1.54, 1.807) is 35.4 Å². The van der Waals surface area contributed by atoms with Crippen molar-refractivity contribution in [2.24, 2.45) is 0 Å². The van der Waals surface area contributed by atoms with E-state index in [0.29, 0.717) is 29.4 Å². The van der Waals surface area contributed by atoms with Gasteiger partial charge in [-0.25, -0.2) is 13.4 Å². The molecule has 0 spiro atoms. The molecule has 3 rings (SSSR count). The van der Waals surface area contributed by atoms with Gasteiger partial charge in [-0.2, -0.15) is 4.31 Å². The Labute approximate surface area is 163 Å². The van der Waals surface area contributed by atoms with Crippen LogP contribution in [0.25, 0.3) is 0 Å². The molecule has 1 aromatic heterocycles. The normalized spacial score (nSPS) is 15.6. The van der Waals surface area contributed by atoms with Gasteiger partial charge in [0.2, 0.25) is 10.0 Å². The lowest BCUT2D eigenvalue weighted by Crippen LogP contribution is -2.50. The summed E-state index contributed by atoms with van der Waals surface area (Å²) in [7, 11) is -2.06. The van der Waals surface area contributed by atoms with Crippen molar-refractivity contribution in [3.05, 3.63) is 48.2 Å². The van der Waals surface area contributed by atoms with Crippen LogP contribution in [0.15, 0.2) is 52.5 Å². The summed E-state index contributed by atoms with van der Waals surface area (Å²) in [5.74, 6) is 0.486. The van der Waals surface area contributed by atoms with Crippen LogP contribution in [0.2, 0.25) is 0 Å². The maximum Gasteiger partial charge on any atom is 0.256 e. The van der Waals surface area contributed by atoms with Gasteiger partial charge < -0.3 is 9.64 Å². The SMILES string of the molecule is COc1ccc(S(=O)(=O)N2CCN(C(=O)c3cccnc3SC)CC2)cc1. The van der Waals surface area contributed by atoms with E-state index < -0.39 is 10.0 Å². The Bertz CT molecular complexity index is 908. The molecule has 0 aliphatic carbocycles. The Morgan fingerprint density at radius 3 is 2.37 bits per heavy atom. The fourth-order valence-corrected chi connectivity index (χ4v) is 4.88. The first-order valence-corrected chi connectivity index (χ1v) is 11.1. The highest BCUT2D eigenvalue weighted by atomic mass is 32.2. The molecular formula is C18H21N3O4S2. The molecule has 7 nitrogen and oxygen atoms in total. The summed E-state index contributed by atoms with van der Waals surface area (Å²) in [5, 5.41) is 0.677. The lowest BCUT2D eigenvalue weighted by atomic mass is 10.2. The maximum absolute atomic E-state index is 12.8. The zero-order chi connectivity index (χ0) is 19.4. The van der Waals surface area contributed by atoms with Gasteiger partial charge in [0.05, 0.1) is 17.6 Å². The minimum Gasteiger partial charge on any atom is -0.497 e. The summed E-state index contributed by atoms with van der Waals surface area (Å²) >= 11 is 1.42. The van der Waals surface area contributed by atoms with Crippen LogP contribution in [0.4, 0.5) is 0 Å². The van der Waals surface area contributed by atoms with Crippen LogP contribution in [-0.4, -0.2) is 68.1 Å². The summed E-state index contributed by atoms with van der Waals surface area (Å²) < 4.78 is 32.1. The minimum absolute atomic E-state index is 0.117. The molecule has 1 aliphatic rings. The highest BCUT2D eigenvalue weighted by Crippen LogP contribution is 2.23. The van der Waals surface area contributed by atoms with E-state index in [2.05, 4.69) is 4.98 Å². The fraction of sp³-hybridized carbons (Fsp3) is 0.333. The Balaban J connectivity index is 1.70. The Morgan fingerprint density at radius 1 is 1.11 bits per heavy atom. The highest BCUT2D eigenvalue weighted by Gasteiger charge is 2.31. The molecule has 0 N–H and O–H groups in total. The molecule has 27 heavy (non-hydrogen) atoms. The number of hydrogen-bond acceptors (Lipinski definition) is 6. The molecule has 1 saturated heterocycles. The van der Waals surface area contributed by atoms with E-state index in [1.165, 1.54) is 35.3 Å². The first-order valence-electron chi connectivity index (χ1n) is 8.40. The van der Waals surface area contributed by atoms with E-state index in [1.807, 2.05) is 6.26 Å².